The van der Waals surface area contributed by atoms with Crippen molar-refractivity contribution in [3.63, 3.8) is 0 Å². The second-order valence-corrected chi connectivity index (χ2v) is 4.20. The number of ketones is 1. The van der Waals surface area contributed by atoms with Gasteiger partial charge in [0.05, 0.1) is 0 Å². The van der Waals surface area contributed by atoms with Crippen LogP contribution in [-0.2, 0) is 17.8 Å². The first-order valence-electron chi connectivity index (χ1n) is 5.91. The van der Waals surface area contributed by atoms with Crippen molar-refractivity contribution in [2.75, 3.05) is 0 Å². The first-order valence-corrected chi connectivity index (χ1v) is 5.91. The summed E-state index contributed by atoms with van der Waals surface area (Å²) in [4.78, 5) is 11.0. The van der Waals surface area contributed by atoms with Crippen molar-refractivity contribution in [1.82, 2.24) is 0 Å². The van der Waals surface area contributed by atoms with Crippen LogP contribution in [0.3, 0.4) is 0 Å². The standard InChI is InChI=1S/C16H15O2/c1-13(17)11-14-7-9-16(10-8-14)18-12-15-5-3-2-4-6-15/h2-7,9-10H,11-12H2,1H3. The van der Waals surface area contributed by atoms with Crippen molar-refractivity contribution in [1.29, 1.82) is 0 Å². The van der Waals surface area contributed by atoms with E-state index in [0.29, 0.717) is 13.0 Å². The van der Waals surface area contributed by atoms with E-state index in [1.807, 2.05) is 42.5 Å². The number of Topliss-reactive ketones (excluding diaryl/α,β-unsaturated/α-hetero) is 1. The Bertz CT molecular complexity index is 500. The molecule has 0 aliphatic rings. The molecule has 2 nitrogen and oxygen atoms in total. The van der Waals surface area contributed by atoms with E-state index in [0.717, 1.165) is 16.9 Å². The minimum Gasteiger partial charge on any atom is -0.489 e. The maximum absolute atomic E-state index is 11.0. The Balaban J connectivity index is 1.92. The summed E-state index contributed by atoms with van der Waals surface area (Å²) in [5.74, 6) is 0.912. The van der Waals surface area contributed by atoms with E-state index in [2.05, 4.69) is 6.07 Å². The number of carbonyl (C=O) groups excluding carboxylic acids is 1. The number of ether oxygens (including phenoxy) is 1. The number of rotatable bonds is 5. The highest BCUT2D eigenvalue weighted by Gasteiger charge is 1.99. The lowest BCUT2D eigenvalue weighted by atomic mass is 10.1. The van der Waals surface area contributed by atoms with Gasteiger partial charge in [-0.15, -0.1) is 0 Å². The van der Waals surface area contributed by atoms with E-state index in [4.69, 9.17) is 4.74 Å². The van der Waals surface area contributed by atoms with Crippen LogP contribution in [-0.4, -0.2) is 5.78 Å². The highest BCUT2D eigenvalue weighted by Crippen LogP contribution is 2.14. The Hall–Kier alpha value is -2.09. The van der Waals surface area contributed by atoms with E-state index in [9.17, 15) is 4.79 Å². The van der Waals surface area contributed by atoms with Crippen LogP contribution in [0.15, 0.2) is 48.5 Å². The van der Waals surface area contributed by atoms with E-state index in [1.54, 1.807) is 13.0 Å². The molecule has 18 heavy (non-hydrogen) atoms. The lowest BCUT2D eigenvalue weighted by molar-refractivity contribution is -0.116. The molecule has 1 radical (unpaired) electrons. The van der Waals surface area contributed by atoms with Crippen LogP contribution >= 0.6 is 0 Å². The molecule has 2 aromatic carbocycles. The zero-order valence-electron chi connectivity index (χ0n) is 10.3. The Morgan fingerprint density at radius 3 is 2.56 bits per heavy atom. The summed E-state index contributed by atoms with van der Waals surface area (Å²) in [6.45, 7) is 2.12. The van der Waals surface area contributed by atoms with Gasteiger partial charge in [0.25, 0.3) is 0 Å². The zero-order chi connectivity index (χ0) is 12.8. The van der Waals surface area contributed by atoms with E-state index in [-0.39, 0.29) is 5.78 Å². The summed E-state index contributed by atoms with van der Waals surface area (Å²) in [6, 6.07) is 18.6. The number of hydrogen-bond acceptors (Lipinski definition) is 2. The average molecular weight is 239 g/mol. The van der Waals surface area contributed by atoms with Crippen molar-refractivity contribution < 1.29 is 9.53 Å². The third kappa shape index (κ3) is 3.74. The van der Waals surface area contributed by atoms with Gasteiger partial charge in [0.2, 0.25) is 0 Å². The summed E-state index contributed by atoms with van der Waals surface area (Å²) in [5, 5.41) is 0. The maximum Gasteiger partial charge on any atom is 0.134 e. The molecule has 0 aliphatic carbocycles. The molecule has 2 rings (SSSR count). The number of carbonyl (C=O) groups is 1. The summed E-state index contributed by atoms with van der Waals surface area (Å²) in [7, 11) is 0. The summed E-state index contributed by atoms with van der Waals surface area (Å²) < 4.78 is 5.64. The Morgan fingerprint density at radius 2 is 1.94 bits per heavy atom. The number of hydrogen-bond donors (Lipinski definition) is 0. The largest absolute Gasteiger partial charge is 0.489 e. The van der Waals surface area contributed by atoms with Crippen molar-refractivity contribution >= 4 is 5.78 Å². The normalized spacial score (nSPS) is 10.1. The molecular formula is C16H15O2. The molecule has 0 saturated heterocycles. The van der Waals surface area contributed by atoms with Crippen LogP contribution in [0.5, 0.6) is 5.75 Å². The molecular weight excluding hydrogens is 224 g/mol. The molecule has 0 heterocycles. The third-order valence-corrected chi connectivity index (χ3v) is 2.54. The first kappa shape index (κ1) is 12.4. The molecule has 0 aliphatic heterocycles. The lowest BCUT2D eigenvalue weighted by Crippen LogP contribution is -1.98. The van der Waals surface area contributed by atoms with Gasteiger partial charge in [-0.3, -0.25) is 4.79 Å². The molecule has 0 bridgehead atoms. The minimum atomic E-state index is 0.143. The molecule has 0 amide bonds. The molecule has 0 atom stereocenters. The molecule has 0 saturated carbocycles. The zero-order valence-corrected chi connectivity index (χ0v) is 10.3. The molecule has 2 heteroatoms. The topological polar surface area (TPSA) is 26.3 Å². The summed E-state index contributed by atoms with van der Waals surface area (Å²) in [5.41, 5.74) is 2.03. The SMILES string of the molecule is CC(=O)Cc1[c]cc(OCc2ccccc2)cc1. The Morgan fingerprint density at radius 1 is 1.17 bits per heavy atom. The van der Waals surface area contributed by atoms with Gasteiger partial charge < -0.3 is 4.74 Å². The summed E-state index contributed by atoms with van der Waals surface area (Å²) >= 11 is 0. The predicted molar refractivity (Wildman–Crippen MR) is 70.4 cm³/mol. The molecule has 91 valence electrons. The Labute approximate surface area is 107 Å². The van der Waals surface area contributed by atoms with Crippen LogP contribution in [0.25, 0.3) is 0 Å². The van der Waals surface area contributed by atoms with Gasteiger partial charge in [0, 0.05) is 6.42 Å². The lowest BCUT2D eigenvalue weighted by Gasteiger charge is -2.06. The van der Waals surface area contributed by atoms with Crippen molar-refractivity contribution in [3.05, 3.63) is 65.7 Å². The van der Waals surface area contributed by atoms with Crippen LogP contribution in [0.1, 0.15) is 18.1 Å². The van der Waals surface area contributed by atoms with Gasteiger partial charge in [-0.1, -0.05) is 36.4 Å². The molecule has 0 fully saturated rings. The smallest absolute Gasteiger partial charge is 0.134 e. The van der Waals surface area contributed by atoms with E-state index >= 15 is 0 Å². The van der Waals surface area contributed by atoms with Gasteiger partial charge in [-0.25, -0.2) is 0 Å². The molecule has 2 aromatic rings. The van der Waals surface area contributed by atoms with Gasteiger partial charge >= 0.3 is 0 Å². The predicted octanol–water partition coefficient (Wildman–Crippen LogP) is 3.20. The molecule has 0 aromatic heterocycles. The van der Waals surface area contributed by atoms with Crippen LogP contribution < -0.4 is 4.74 Å². The maximum atomic E-state index is 11.0. The van der Waals surface area contributed by atoms with Gasteiger partial charge in [0.1, 0.15) is 18.1 Å². The fourth-order valence-electron chi connectivity index (χ4n) is 1.65. The monoisotopic (exact) mass is 239 g/mol. The second kappa shape index (κ2) is 6.01. The fourth-order valence-corrected chi connectivity index (χ4v) is 1.65. The number of benzene rings is 2. The first-order chi connectivity index (χ1) is 8.74. The van der Waals surface area contributed by atoms with Gasteiger partial charge in [-0.2, -0.15) is 0 Å². The van der Waals surface area contributed by atoms with Gasteiger partial charge in [0.15, 0.2) is 0 Å². The van der Waals surface area contributed by atoms with Crippen LogP contribution in [0.2, 0.25) is 0 Å². The second-order valence-electron chi connectivity index (χ2n) is 4.20. The van der Waals surface area contributed by atoms with Gasteiger partial charge in [-0.05, 0) is 36.2 Å². The average Bonchev–Trinajstić information content (AvgIpc) is 2.38. The third-order valence-electron chi connectivity index (χ3n) is 2.54. The van der Waals surface area contributed by atoms with Crippen molar-refractivity contribution in [2.24, 2.45) is 0 Å². The Kier molecular flexibility index (Phi) is 4.13. The highest BCUT2D eigenvalue weighted by molar-refractivity contribution is 5.78. The summed E-state index contributed by atoms with van der Waals surface area (Å²) in [6.07, 6.45) is 0.430. The van der Waals surface area contributed by atoms with E-state index < -0.39 is 0 Å². The van der Waals surface area contributed by atoms with Crippen LogP contribution in [0, 0.1) is 6.07 Å². The highest BCUT2D eigenvalue weighted by atomic mass is 16.5. The fraction of sp³-hybridized carbons (Fsp3) is 0.188. The van der Waals surface area contributed by atoms with Crippen molar-refractivity contribution in [3.8, 4) is 5.75 Å². The van der Waals surface area contributed by atoms with Crippen molar-refractivity contribution in [2.45, 2.75) is 20.0 Å². The molecule has 0 spiro atoms. The molecule has 0 N–H and O–H groups in total. The minimum absolute atomic E-state index is 0.143. The van der Waals surface area contributed by atoms with E-state index in [1.165, 1.54) is 0 Å². The van der Waals surface area contributed by atoms with Crippen LogP contribution in [0.4, 0.5) is 0 Å². The molecule has 0 unspecified atom stereocenters. The quantitative estimate of drug-likeness (QED) is 0.801.